The van der Waals surface area contributed by atoms with Crippen molar-refractivity contribution in [1.29, 1.82) is 0 Å². The van der Waals surface area contributed by atoms with Crippen LogP contribution in [0.4, 0.5) is 0 Å². The molecule has 3 heteroatoms. The summed E-state index contributed by atoms with van der Waals surface area (Å²) >= 11 is 0. The molecule has 3 nitrogen and oxygen atoms in total. The number of ether oxygens (including phenoxy) is 1. The Labute approximate surface area is 68.7 Å². The van der Waals surface area contributed by atoms with E-state index in [-0.39, 0.29) is 0 Å². The molecule has 0 radical (unpaired) electrons. The minimum Gasteiger partial charge on any atom is -0.376 e. The summed E-state index contributed by atoms with van der Waals surface area (Å²) in [5, 5.41) is 3.13. The first-order chi connectivity index (χ1) is 5.33. The van der Waals surface area contributed by atoms with E-state index in [1.54, 1.807) is 0 Å². The second kappa shape index (κ2) is 4.70. The molecule has 1 saturated heterocycles. The Morgan fingerprint density at radius 1 is 1.64 bits per heavy atom. The lowest BCUT2D eigenvalue weighted by Crippen LogP contribution is -2.40. The first kappa shape index (κ1) is 8.97. The molecule has 1 aliphatic rings. The molecule has 11 heavy (non-hydrogen) atoms. The third-order valence-electron chi connectivity index (χ3n) is 2.06. The van der Waals surface area contributed by atoms with Crippen LogP contribution in [0, 0.1) is 0 Å². The van der Waals surface area contributed by atoms with Gasteiger partial charge in [0.2, 0.25) is 0 Å². The van der Waals surface area contributed by atoms with Gasteiger partial charge in [-0.15, -0.1) is 0 Å². The lowest BCUT2D eigenvalue weighted by molar-refractivity contribution is -0.0226. The number of hydrogen-bond acceptors (Lipinski definition) is 3. The van der Waals surface area contributed by atoms with Gasteiger partial charge in [-0.2, -0.15) is 0 Å². The summed E-state index contributed by atoms with van der Waals surface area (Å²) in [6.45, 7) is 4.11. The zero-order chi connectivity index (χ0) is 8.10. The van der Waals surface area contributed by atoms with Crippen LogP contribution in [-0.4, -0.2) is 51.3 Å². The van der Waals surface area contributed by atoms with E-state index >= 15 is 0 Å². The molecular weight excluding hydrogens is 140 g/mol. The van der Waals surface area contributed by atoms with E-state index in [1.165, 1.54) is 0 Å². The van der Waals surface area contributed by atoms with Crippen molar-refractivity contribution in [3.05, 3.63) is 0 Å². The molecule has 0 bridgehead atoms. The van der Waals surface area contributed by atoms with E-state index in [9.17, 15) is 0 Å². The SMILES string of the molecule is CNCCC1CN(C)CCO1. The average Bonchev–Trinajstić information content (AvgIpc) is 2.01. The standard InChI is InChI=1S/C8H18N2O/c1-9-4-3-8-7-10(2)5-6-11-8/h8-9H,3-7H2,1-2H3. The van der Waals surface area contributed by atoms with Gasteiger partial charge in [0.05, 0.1) is 12.7 Å². The lowest BCUT2D eigenvalue weighted by atomic mass is 10.2. The molecule has 66 valence electrons. The Bertz CT molecular complexity index is 108. The van der Waals surface area contributed by atoms with Gasteiger partial charge in [-0.25, -0.2) is 0 Å². The highest BCUT2D eigenvalue weighted by Crippen LogP contribution is 2.05. The summed E-state index contributed by atoms with van der Waals surface area (Å²) in [6, 6.07) is 0. The monoisotopic (exact) mass is 158 g/mol. The highest BCUT2D eigenvalue weighted by molar-refractivity contribution is 4.68. The normalized spacial score (nSPS) is 27.3. The molecule has 1 fully saturated rings. The second-order valence-electron chi connectivity index (χ2n) is 3.15. The fourth-order valence-corrected chi connectivity index (χ4v) is 1.35. The Balaban J connectivity index is 2.12. The molecule has 1 atom stereocenters. The summed E-state index contributed by atoms with van der Waals surface area (Å²) in [5.74, 6) is 0. The Morgan fingerprint density at radius 2 is 2.45 bits per heavy atom. The van der Waals surface area contributed by atoms with Crippen LogP contribution in [0.5, 0.6) is 0 Å². The topological polar surface area (TPSA) is 24.5 Å². The second-order valence-corrected chi connectivity index (χ2v) is 3.15. The minimum atomic E-state index is 0.446. The zero-order valence-electron chi connectivity index (χ0n) is 7.47. The highest BCUT2D eigenvalue weighted by atomic mass is 16.5. The van der Waals surface area contributed by atoms with Crippen LogP contribution in [0.1, 0.15) is 6.42 Å². The van der Waals surface area contributed by atoms with Crippen molar-refractivity contribution >= 4 is 0 Å². The van der Waals surface area contributed by atoms with Crippen LogP contribution >= 0.6 is 0 Å². The van der Waals surface area contributed by atoms with Crippen LogP contribution in [0.2, 0.25) is 0 Å². The molecule has 1 heterocycles. The zero-order valence-corrected chi connectivity index (χ0v) is 7.47. The molecule has 1 unspecified atom stereocenters. The molecule has 0 aromatic rings. The van der Waals surface area contributed by atoms with Crippen molar-refractivity contribution < 1.29 is 4.74 Å². The molecule has 0 aromatic heterocycles. The molecular formula is C8H18N2O. The smallest absolute Gasteiger partial charge is 0.0714 e. The summed E-state index contributed by atoms with van der Waals surface area (Å²) in [5.41, 5.74) is 0. The van der Waals surface area contributed by atoms with Crippen molar-refractivity contribution in [2.24, 2.45) is 0 Å². The van der Waals surface area contributed by atoms with E-state index in [2.05, 4.69) is 17.3 Å². The summed E-state index contributed by atoms with van der Waals surface area (Å²) in [4.78, 5) is 2.32. The van der Waals surface area contributed by atoms with Crippen LogP contribution in [0.25, 0.3) is 0 Å². The number of rotatable bonds is 3. The first-order valence-electron chi connectivity index (χ1n) is 4.27. The van der Waals surface area contributed by atoms with Crippen molar-refractivity contribution in [1.82, 2.24) is 10.2 Å². The fraction of sp³-hybridized carbons (Fsp3) is 1.00. The lowest BCUT2D eigenvalue weighted by Gasteiger charge is -2.29. The van der Waals surface area contributed by atoms with Crippen molar-refractivity contribution in [2.45, 2.75) is 12.5 Å². The predicted octanol–water partition coefficient (Wildman–Crippen LogP) is -0.0735. The minimum absolute atomic E-state index is 0.446. The Kier molecular flexibility index (Phi) is 3.83. The van der Waals surface area contributed by atoms with Crippen LogP contribution in [0.15, 0.2) is 0 Å². The third kappa shape index (κ3) is 3.18. The summed E-state index contributed by atoms with van der Waals surface area (Å²) in [6.07, 6.45) is 1.57. The summed E-state index contributed by atoms with van der Waals surface area (Å²) in [7, 11) is 4.13. The summed E-state index contributed by atoms with van der Waals surface area (Å²) < 4.78 is 5.57. The van der Waals surface area contributed by atoms with Gasteiger partial charge in [0.15, 0.2) is 0 Å². The van der Waals surface area contributed by atoms with Crippen LogP contribution in [0.3, 0.4) is 0 Å². The quantitative estimate of drug-likeness (QED) is 0.622. The van der Waals surface area contributed by atoms with Crippen molar-refractivity contribution in [3.8, 4) is 0 Å². The Morgan fingerprint density at radius 3 is 3.09 bits per heavy atom. The van der Waals surface area contributed by atoms with Gasteiger partial charge < -0.3 is 15.0 Å². The maximum Gasteiger partial charge on any atom is 0.0714 e. The molecule has 0 saturated carbocycles. The third-order valence-corrected chi connectivity index (χ3v) is 2.06. The number of nitrogens with zero attached hydrogens (tertiary/aromatic N) is 1. The largest absolute Gasteiger partial charge is 0.376 e. The van der Waals surface area contributed by atoms with E-state index in [0.717, 1.165) is 32.7 Å². The van der Waals surface area contributed by atoms with E-state index in [1.807, 2.05) is 7.05 Å². The molecule has 1 rings (SSSR count). The highest BCUT2D eigenvalue weighted by Gasteiger charge is 2.16. The molecule has 1 aliphatic heterocycles. The molecule has 0 aliphatic carbocycles. The fourth-order valence-electron chi connectivity index (χ4n) is 1.35. The maximum absolute atomic E-state index is 5.57. The van der Waals surface area contributed by atoms with Gasteiger partial charge in [-0.3, -0.25) is 0 Å². The number of likely N-dealkylation sites (N-methyl/N-ethyl adjacent to an activating group) is 1. The van der Waals surface area contributed by atoms with Gasteiger partial charge in [0.1, 0.15) is 0 Å². The van der Waals surface area contributed by atoms with E-state index in [4.69, 9.17) is 4.74 Å². The van der Waals surface area contributed by atoms with Gasteiger partial charge in [0, 0.05) is 13.1 Å². The van der Waals surface area contributed by atoms with Gasteiger partial charge in [0.25, 0.3) is 0 Å². The molecule has 0 amide bonds. The van der Waals surface area contributed by atoms with Gasteiger partial charge >= 0.3 is 0 Å². The maximum atomic E-state index is 5.57. The number of nitrogens with one attached hydrogen (secondary N) is 1. The average molecular weight is 158 g/mol. The van der Waals surface area contributed by atoms with Crippen LogP contribution in [-0.2, 0) is 4.74 Å². The van der Waals surface area contributed by atoms with Crippen molar-refractivity contribution in [3.63, 3.8) is 0 Å². The molecule has 0 aromatic carbocycles. The first-order valence-corrected chi connectivity index (χ1v) is 4.27. The van der Waals surface area contributed by atoms with Gasteiger partial charge in [-0.1, -0.05) is 0 Å². The number of morpholine rings is 1. The molecule has 0 spiro atoms. The van der Waals surface area contributed by atoms with E-state index in [0.29, 0.717) is 6.10 Å². The Hall–Kier alpha value is -0.120. The van der Waals surface area contributed by atoms with Crippen LogP contribution < -0.4 is 5.32 Å². The number of hydrogen-bond donors (Lipinski definition) is 1. The van der Waals surface area contributed by atoms with E-state index < -0.39 is 0 Å². The van der Waals surface area contributed by atoms with Crippen molar-refractivity contribution in [2.75, 3.05) is 40.3 Å². The molecule has 1 N–H and O–H groups in total. The predicted molar refractivity (Wildman–Crippen MR) is 45.8 cm³/mol. The van der Waals surface area contributed by atoms with Gasteiger partial charge in [-0.05, 0) is 27.1 Å².